The molecule has 0 saturated heterocycles. The lowest BCUT2D eigenvalue weighted by Gasteiger charge is -2.08. The number of fused-ring (bicyclic) bond motifs is 1. The second-order valence-electron chi connectivity index (χ2n) is 2.03. The van der Waals surface area contributed by atoms with Crippen molar-refractivity contribution in [1.82, 2.24) is 11.0 Å². The van der Waals surface area contributed by atoms with Gasteiger partial charge in [-0.2, -0.15) is 16.1 Å². The molecular formula is C7H6N3. The van der Waals surface area contributed by atoms with Gasteiger partial charge in [0.05, 0.1) is 11.9 Å². The monoisotopic (exact) mass is 132 g/mol. The Kier molecular flexibility index (Phi) is 1.07. The van der Waals surface area contributed by atoms with Gasteiger partial charge in [-0.05, 0) is 6.07 Å². The van der Waals surface area contributed by atoms with Crippen LogP contribution in [0.4, 0.5) is 5.69 Å². The Morgan fingerprint density at radius 1 is 1.20 bits per heavy atom. The molecule has 0 aliphatic carbocycles. The molecule has 3 heteroatoms. The number of hydrazone groups is 1. The minimum absolute atomic E-state index is 0.942. The van der Waals surface area contributed by atoms with Crippen LogP contribution in [0.15, 0.2) is 29.4 Å². The molecule has 1 aliphatic rings. The van der Waals surface area contributed by atoms with Gasteiger partial charge in [0.2, 0.25) is 0 Å². The van der Waals surface area contributed by atoms with Crippen LogP contribution in [-0.2, 0) is 0 Å². The van der Waals surface area contributed by atoms with Crippen molar-refractivity contribution < 1.29 is 0 Å². The van der Waals surface area contributed by atoms with Gasteiger partial charge >= 0.3 is 0 Å². The van der Waals surface area contributed by atoms with Crippen molar-refractivity contribution in [3.8, 4) is 0 Å². The summed E-state index contributed by atoms with van der Waals surface area (Å²) < 4.78 is 0. The third-order valence-corrected chi connectivity index (χ3v) is 1.37. The van der Waals surface area contributed by atoms with Crippen molar-refractivity contribution in [3.63, 3.8) is 0 Å². The highest BCUT2D eigenvalue weighted by Crippen LogP contribution is 2.13. The fourth-order valence-electron chi connectivity index (χ4n) is 0.880. The first kappa shape index (κ1) is 5.29. The van der Waals surface area contributed by atoms with Gasteiger partial charge in [0.25, 0.3) is 0 Å². The van der Waals surface area contributed by atoms with Gasteiger partial charge in [-0.1, -0.05) is 18.2 Å². The summed E-state index contributed by atoms with van der Waals surface area (Å²) in [5.41, 5.74) is 8.48. The molecule has 1 aliphatic heterocycles. The first-order valence-electron chi connectivity index (χ1n) is 3.05. The Balaban J connectivity index is 2.54. The quantitative estimate of drug-likeness (QED) is 0.556. The Labute approximate surface area is 58.7 Å². The zero-order valence-electron chi connectivity index (χ0n) is 5.28. The molecule has 1 aromatic rings. The van der Waals surface area contributed by atoms with Crippen LogP contribution >= 0.6 is 0 Å². The number of hydrogen-bond donors (Lipinski definition) is 1. The maximum absolute atomic E-state index is 3.95. The van der Waals surface area contributed by atoms with Gasteiger partial charge < -0.3 is 0 Å². The van der Waals surface area contributed by atoms with Crippen LogP contribution in [0, 0.1) is 0 Å². The van der Waals surface area contributed by atoms with E-state index in [1.807, 2.05) is 24.3 Å². The van der Waals surface area contributed by atoms with Crippen LogP contribution in [0.25, 0.3) is 0 Å². The maximum atomic E-state index is 3.95. The summed E-state index contributed by atoms with van der Waals surface area (Å²) in [4.78, 5) is 0. The van der Waals surface area contributed by atoms with Gasteiger partial charge in [0, 0.05) is 5.56 Å². The first-order chi connectivity index (χ1) is 4.97. The zero-order valence-corrected chi connectivity index (χ0v) is 5.28. The van der Waals surface area contributed by atoms with E-state index in [1.165, 1.54) is 0 Å². The fraction of sp³-hybridized carbons (Fsp3) is 0. The van der Waals surface area contributed by atoms with Gasteiger partial charge in [0.15, 0.2) is 0 Å². The third kappa shape index (κ3) is 0.719. The second-order valence-corrected chi connectivity index (χ2v) is 2.03. The molecule has 3 nitrogen and oxygen atoms in total. The van der Waals surface area contributed by atoms with Crippen molar-refractivity contribution in [2.75, 3.05) is 0 Å². The van der Waals surface area contributed by atoms with Gasteiger partial charge in [-0.25, -0.2) is 0 Å². The molecule has 1 heterocycles. The van der Waals surface area contributed by atoms with Crippen LogP contribution in [0.3, 0.4) is 0 Å². The van der Waals surface area contributed by atoms with Crippen LogP contribution in [0.5, 0.6) is 0 Å². The molecule has 0 atom stereocenters. The molecule has 49 valence electrons. The van der Waals surface area contributed by atoms with Crippen molar-refractivity contribution in [3.05, 3.63) is 29.8 Å². The normalized spacial score (nSPS) is 13.2. The van der Waals surface area contributed by atoms with E-state index in [0.29, 0.717) is 0 Å². The van der Waals surface area contributed by atoms with Crippen molar-refractivity contribution in [1.29, 1.82) is 0 Å². The average Bonchev–Trinajstić information content (AvgIpc) is 2.05. The molecular weight excluding hydrogens is 126 g/mol. The van der Waals surface area contributed by atoms with E-state index in [0.717, 1.165) is 11.3 Å². The second kappa shape index (κ2) is 2.02. The SMILES string of the molecule is C1=NN[N]c2ccccc21. The summed E-state index contributed by atoms with van der Waals surface area (Å²) in [5.74, 6) is 0. The Morgan fingerprint density at radius 3 is 3.00 bits per heavy atom. The van der Waals surface area contributed by atoms with Crippen LogP contribution in [0.1, 0.15) is 5.56 Å². The summed E-state index contributed by atoms with van der Waals surface area (Å²) in [6.07, 6.45) is 1.75. The smallest absolute Gasteiger partial charge is 0.0938 e. The van der Waals surface area contributed by atoms with E-state index in [2.05, 4.69) is 16.1 Å². The summed E-state index contributed by atoms with van der Waals surface area (Å²) in [6.45, 7) is 0. The van der Waals surface area contributed by atoms with Crippen LogP contribution < -0.4 is 11.0 Å². The molecule has 0 amide bonds. The molecule has 0 saturated carbocycles. The molecule has 0 unspecified atom stereocenters. The summed E-state index contributed by atoms with van der Waals surface area (Å²) in [5, 5.41) is 3.78. The maximum Gasteiger partial charge on any atom is 0.0938 e. The molecule has 0 spiro atoms. The molecule has 0 fully saturated rings. The molecule has 1 N–H and O–H groups in total. The van der Waals surface area contributed by atoms with E-state index >= 15 is 0 Å². The van der Waals surface area contributed by atoms with Crippen LogP contribution in [-0.4, -0.2) is 6.21 Å². The number of para-hydroxylation sites is 1. The van der Waals surface area contributed by atoms with E-state index in [1.54, 1.807) is 6.21 Å². The van der Waals surface area contributed by atoms with Gasteiger partial charge in [0.1, 0.15) is 0 Å². The number of hydrogen-bond acceptors (Lipinski definition) is 2. The van der Waals surface area contributed by atoms with E-state index in [9.17, 15) is 0 Å². The minimum Gasteiger partial charge on any atom is -0.197 e. The topological polar surface area (TPSA) is 38.5 Å². The zero-order chi connectivity index (χ0) is 6.81. The number of nitrogens with zero attached hydrogens (tertiary/aromatic N) is 2. The predicted molar refractivity (Wildman–Crippen MR) is 39.0 cm³/mol. The average molecular weight is 132 g/mol. The minimum atomic E-state index is 0.942. The molecule has 10 heavy (non-hydrogen) atoms. The van der Waals surface area contributed by atoms with Crippen molar-refractivity contribution in [2.45, 2.75) is 0 Å². The van der Waals surface area contributed by atoms with Gasteiger partial charge in [-0.3, -0.25) is 0 Å². The number of nitrogens with one attached hydrogen (secondary N) is 1. The lowest BCUT2D eigenvalue weighted by atomic mass is 10.2. The highest BCUT2D eigenvalue weighted by Gasteiger charge is 2.01. The molecule has 0 bridgehead atoms. The number of benzene rings is 1. The fourth-order valence-corrected chi connectivity index (χ4v) is 0.880. The van der Waals surface area contributed by atoms with E-state index < -0.39 is 0 Å². The summed E-state index contributed by atoms with van der Waals surface area (Å²) in [6, 6.07) is 7.82. The lowest BCUT2D eigenvalue weighted by molar-refractivity contribution is 0.656. The Hall–Kier alpha value is -1.51. The molecule has 0 aromatic heterocycles. The molecule has 1 aromatic carbocycles. The Morgan fingerprint density at radius 2 is 2.10 bits per heavy atom. The largest absolute Gasteiger partial charge is 0.197 e. The summed E-state index contributed by atoms with van der Waals surface area (Å²) in [7, 11) is 0. The molecule has 2 rings (SSSR count). The third-order valence-electron chi connectivity index (χ3n) is 1.37. The van der Waals surface area contributed by atoms with Crippen molar-refractivity contribution in [2.24, 2.45) is 5.10 Å². The Bertz CT molecular complexity index is 267. The lowest BCUT2D eigenvalue weighted by Crippen LogP contribution is -2.18. The highest BCUT2D eigenvalue weighted by atomic mass is 15.6. The molecule has 1 radical (unpaired) electrons. The van der Waals surface area contributed by atoms with E-state index in [-0.39, 0.29) is 0 Å². The van der Waals surface area contributed by atoms with Gasteiger partial charge in [-0.15, -0.1) is 0 Å². The first-order valence-corrected chi connectivity index (χ1v) is 3.05. The van der Waals surface area contributed by atoms with Crippen molar-refractivity contribution >= 4 is 11.9 Å². The highest BCUT2D eigenvalue weighted by molar-refractivity contribution is 5.86. The predicted octanol–water partition coefficient (Wildman–Crippen LogP) is 0.775. The number of rotatable bonds is 0. The summed E-state index contributed by atoms with van der Waals surface area (Å²) >= 11 is 0. The van der Waals surface area contributed by atoms with E-state index in [4.69, 9.17) is 0 Å². The standard InChI is InChI=1S/C7H6N3/c1-2-4-7-6(3-1)5-8-10-9-7/h1-5,10H. The van der Waals surface area contributed by atoms with Crippen LogP contribution in [0.2, 0.25) is 0 Å².